The van der Waals surface area contributed by atoms with Crippen LogP contribution in [0.1, 0.15) is 12.5 Å². The third kappa shape index (κ3) is 1.98. The van der Waals surface area contributed by atoms with E-state index < -0.39 is 0 Å². The van der Waals surface area contributed by atoms with Crippen LogP contribution in [0.25, 0.3) is 0 Å². The lowest BCUT2D eigenvalue weighted by Gasteiger charge is -2.10. The quantitative estimate of drug-likeness (QED) is 0.708. The summed E-state index contributed by atoms with van der Waals surface area (Å²) in [6.07, 6.45) is 3.58. The van der Waals surface area contributed by atoms with E-state index in [0.29, 0.717) is 6.54 Å². The van der Waals surface area contributed by atoms with Crippen molar-refractivity contribution in [3.63, 3.8) is 0 Å². The maximum atomic E-state index is 11.2. The van der Waals surface area contributed by atoms with Crippen molar-refractivity contribution in [2.45, 2.75) is 20.0 Å². The Morgan fingerprint density at radius 1 is 1.53 bits per heavy atom. The first-order valence-electron chi connectivity index (χ1n) is 4.79. The maximum Gasteiger partial charge on any atom is 0.324 e. The first kappa shape index (κ1) is 9.70. The molecule has 1 saturated heterocycles. The van der Waals surface area contributed by atoms with Crippen LogP contribution in [0.3, 0.4) is 0 Å². The number of rotatable bonds is 3. The molecule has 2 rings (SSSR count). The number of hydrogen-bond acceptors (Lipinski definition) is 3. The molecule has 6 nitrogen and oxygen atoms in total. The van der Waals surface area contributed by atoms with Gasteiger partial charge in [0.05, 0.1) is 12.7 Å². The van der Waals surface area contributed by atoms with Crippen molar-refractivity contribution in [2.24, 2.45) is 0 Å². The molecular formula is C9H12N4O2. The Labute approximate surface area is 86.9 Å². The highest BCUT2D eigenvalue weighted by molar-refractivity contribution is 6.01. The first-order chi connectivity index (χ1) is 7.19. The third-order valence-corrected chi connectivity index (χ3v) is 2.25. The van der Waals surface area contributed by atoms with E-state index in [1.807, 2.05) is 13.1 Å². The van der Waals surface area contributed by atoms with Gasteiger partial charge < -0.3 is 4.90 Å². The van der Waals surface area contributed by atoms with Crippen molar-refractivity contribution in [2.75, 3.05) is 6.54 Å². The Bertz CT molecular complexity index is 399. The topological polar surface area (TPSA) is 67.2 Å². The van der Waals surface area contributed by atoms with Crippen LogP contribution >= 0.6 is 0 Å². The highest BCUT2D eigenvalue weighted by atomic mass is 16.2. The van der Waals surface area contributed by atoms with Gasteiger partial charge in [-0.25, -0.2) is 4.79 Å². The lowest BCUT2D eigenvalue weighted by molar-refractivity contribution is -0.118. The molecule has 1 aliphatic rings. The van der Waals surface area contributed by atoms with Crippen LogP contribution in [0.15, 0.2) is 12.4 Å². The van der Waals surface area contributed by atoms with Gasteiger partial charge in [0.25, 0.3) is 0 Å². The summed E-state index contributed by atoms with van der Waals surface area (Å²) in [5.74, 6) is -0.247. The van der Waals surface area contributed by atoms with E-state index in [9.17, 15) is 9.59 Å². The van der Waals surface area contributed by atoms with Crippen molar-refractivity contribution >= 4 is 11.9 Å². The normalized spacial score (nSPS) is 15.9. The van der Waals surface area contributed by atoms with E-state index in [-0.39, 0.29) is 18.5 Å². The van der Waals surface area contributed by atoms with Crippen LogP contribution in [0.2, 0.25) is 0 Å². The monoisotopic (exact) mass is 208 g/mol. The van der Waals surface area contributed by atoms with Gasteiger partial charge in [0.2, 0.25) is 5.91 Å². The zero-order valence-corrected chi connectivity index (χ0v) is 8.43. The molecule has 1 N–H and O–H groups in total. The summed E-state index contributed by atoms with van der Waals surface area (Å²) < 4.78 is 1.78. The minimum absolute atomic E-state index is 0.135. The second-order valence-electron chi connectivity index (χ2n) is 3.41. The van der Waals surface area contributed by atoms with Crippen LogP contribution in [0, 0.1) is 0 Å². The van der Waals surface area contributed by atoms with E-state index in [0.717, 1.165) is 12.1 Å². The number of nitrogens with zero attached hydrogens (tertiary/aromatic N) is 3. The Hall–Kier alpha value is -1.85. The molecule has 15 heavy (non-hydrogen) atoms. The predicted octanol–water partition coefficient (Wildman–Crippen LogP) is -0.0452. The van der Waals surface area contributed by atoms with E-state index in [1.165, 1.54) is 4.90 Å². The third-order valence-electron chi connectivity index (χ3n) is 2.25. The molecule has 0 aromatic carbocycles. The van der Waals surface area contributed by atoms with Gasteiger partial charge in [-0.1, -0.05) is 0 Å². The van der Waals surface area contributed by atoms with Gasteiger partial charge in [-0.3, -0.25) is 14.8 Å². The second kappa shape index (κ2) is 3.72. The number of carbonyl (C=O) groups is 2. The molecule has 0 unspecified atom stereocenters. The van der Waals surface area contributed by atoms with Gasteiger partial charge in [-0.15, -0.1) is 0 Å². The summed E-state index contributed by atoms with van der Waals surface area (Å²) in [7, 11) is 0. The minimum Gasteiger partial charge on any atom is -0.311 e. The van der Waals surface area contributed by atoms with Gasteiger partial charge in [0.1, 0.15) is 6.54 Å². The number of nitrogens with one attached hydrogen (secondary N) is 1. The van der Waals surface area contributed by atoms with Crippen LogP contribution in [-0.2, 0) is 17.9 Å². The maximum absolute atomic E-state index is 11.2. The standard InChI is InChI=1S/C9H12N4O2/c1-2-13-5-7(3-10-13)4-12-6-8(14)11-9(12)15/h3,5H,2,4,6H2,1H3,(H,11,14,15). The van der Waals surface area contributed by atoms with E-state index in [2.05, 4.69) is 10.4 Å². The van der Waals surface area contributed by atoms with Crippen molar-refractivity contribution in [1.82, 2.24) is 20.0 Å². The van der Waals surface area contributed by atoms with Crippen LogP contribution in [0.5, 0.6) is 0 Å². The van der Waals surface area contributed by atoms with Crippen LogP contribution in [-0.4, -0.2) is 33.2 Å². The van der Waals surface area contributed by atoms with E-state index >= 15 is 0 Å². The Balaban J connectivity index is 2.02. The minimum atomic E-state index is -0.329. The van der Waals surface area contributed by atoms with Crippen molar-refractivity contribution in [3.8, 4) is 0 Å². The fourth-order valence-corrected chi connectivity index (χ4v) is 1.49. The van der Waals surface area contributed by atoms with Gasteiger partial charge in [-0.05, 0) is 6.92 Å². The first-order valence-corrected chi connectivity index (χ1v) is 4.79. The van der Waals surface area contributed by atoms with Gasteiger partial charge in [0, 0.05) is 18.3 Å². The molecule has 1 aromatic rings. The molecule has 0 bridgehead atoms. The molecule has 80 valence electrons. The summed E-state index contributed by atoms with van der Waals surface area (Å²) in [6.45, 7) is 3.35. The second-order valence-corrected chi connectivity index (χ2v) is 3.41. The molecule has 0 spiro atoms. The van der Waals surface area contributed by atoms with Gasteiger partial charge in [-0.2, -0.15) is 5.10 Å². The van der Waals surface area contributed by atoms with Gasteiger partial charge in [0.15, 0.2) is 0 Å². The number of imide groups is 1. The van der Waals surface area contributed by atoms with Crippen molar-refractivity contribution in [3.05, 3.63) is 18.0 Å². The highest BCUT2D eigenvalue weighted by Gasteiger charge is 2.26. The molecule has 1 aromatic heterocycles. The zero-order valence-electron chi connectivity index (χ0n) is 8.43. The molecule has 0 aliphatic carbocycles. The average molecular weight is 208 g/mol. The fraction of sp³-hybridized carbons (Fsp3) is 0.444. The average Bonchev–Trinajstić information content (AvgIpc) is 2.75. The van der Waals surface area contributed by atoms with Crippen molar-refractivity contribution < 1.29 is 9.59 Å². The molecule has 0 radical (unpaired) electrons. The molecule has 0 saturated carbocycles. The molecule has 6 heteroatoms. The number of aromatic nitrogens is 2. The Morgan fingerprint density at radius 3 is 2.87 bits per heavy atom. The molecule has 3 amide bonds. The number of carbonyl (C=O) groups excluding carboxylic acids is 2. The molecule has 1 fully saturated rings. The lowest BCUT2D eigenvalue weighted by atomic mass is 10.3. The molecular weight excluding hydrogens is 196 g/mol. The van der Waals surface area contributed by atoms with E-state index in [4.69, 9.17) is 0 Å². The number of urea groups is 1. The fourth-order valence-electron chi connectivity index (χ4n) is 1.49. The smallest absolute Gasteiger partial charge is 0.311 e. The molecule has 2 heterocycles. The van der Waals surface area contributed by atoms with E-state index in [1.54, 1.807) is 10.9 Å². The number of amides is 3. The summed E-state index contributed by atoms with van der Waals surface area (Å²) in [4.78, 5) is 23.6. The molecule has 0 atom stereocenters. The summed E-state index contributed by atoms with van der Waals surface area (Å²) in [6, 6.07) is -0.329. The summed E-state index contributed by atoms with van der Waals surface area (Å²) >= 11 is 0. The largest absolute Gasteiger partial charge is 0.324 e. The highest BCUT2D eigenvalue weighted by Crippen LogP contribution is 2.06. The Kier molecular flexibility index (Phi) is 2.40. The number of aryl methyl sites for hydroxylation is 1. The molecule has 1 aliphatic heterocycles. The predicted molar refractivity (Wildman–Crippen MR) is 51.8 cm³/mol. The Morgan fingerprint density at radius 2 is 2.33 bits per heavy atom. The van der Waals surface area contributed by atoms with Crippen molar-refractivity contribution in [1.29, 1.82) is 0 Å². The van der Waals surface area contributed by atoms with Crippen LogP contribution < -0.4 is 5.32 Å². The van der Waals surface area contributed by atoms with Gasteiger partial charge >= 0.3 is 6.03 Å². The summed E-state index contributed by atoms with van der Waals surface area (Å²) in [5, 5.41) is 6.32. The van der Waals surface area contributed by atoms with Crippen LogP contribution in [0.4, 0.5) is 4.79 Å². The zero-order chi connectivity index (χ0) is 10.8. The summed E-state index contributed by atoms with van der Waals surface area (Å²) in [5.41, 5.74) is 0.932. The lowest BCUT2D eigenvalue weighted by Crippen LogP contribution is -2.27. The SMILES string of the molecule is CCn1cc(CN2CC(=O)NC2=O)cn1. The number of hydrogen-bond donors (Lipinski definition) is 1.